The van der Waals surface area contributed by atoms with Crippen molar-refractivity contribution in [1.29, 1.82) is 0 Å². The topological polar surface area (TPSA) is 81.4 Å². The minimum atomic E-state index is -0.479. The van der Waals surface area contributed by atoms with Crippen LogP contribution in [0.1, 0.15) is 37.6 Å². The molecule has 0 saturated carbocycles. The van der Waals surface area contributed by atoms with Crippen LogP contribution >= 0.6 is 0 Å². The van der Waals surface area contributed by atoms with Gasteiger partial charge in [-0.1, -0.05) is 45.0 Å². The number of rotatable bonds is 5. The molecule has 3 N–H and O–H groups in total. The minimum Gasteiger partial charge on any atom is -0.410 e. The molecular formula is C20H24N2O3. The Hall–Kier alpha value is -2.82. The number of nitrogens with one attached hydrogen (secondary N) is 1. The van der Waals surface area contributed by atoms with Crippen LogP contribution in [-0.4, -0.2) is 18.5 Å². The number of hydrogen-bond donors (Lipinski definition) is 2. The van der Waals surface area contributed by atoms with Gasteiger partial charge in [0.25, 0.3) is 0 Å². The second-order valence-corrected chi connectivity index (χ2v) is 7.10. The average molecular weight is 340 g/mol. The molecule has 5 heteroatoms. The second-order valence-electron chi connectivity index (χ2n) is 7.10. The second kappa shape index (κ2) is 7.83. The molecule has 25 heavy (non-hydrogen) atoms. The normalized spacial score (nSPS) is 11.0. The first-order valence-electron chi connectivity index (χ1n) is 8.21. The maximum Gasteiger partial charge on any atom is 0.412 e. The maximum absolute atomic E-state index is 11.9. The maximum atomic E-state index is 11.9. The highest BCUT2D eigenvalue weighted by Gasteiger charge is 2.11. The van der Waals surface area contributed by atoms with Crippen molar-refractivity contribution in [2.45, 2.75) is 27.2 Å². The van der Waals surface area contributed by atoms with Crippen molar-refractivity contribution in [2.75, 3.05) is 6.54 Å². The lowest BCUT2D eigenvalue weighted by Gasteiger charge is -2.17. The van der Waals surface area contributed by atoms with Crippen LogP contribution in [0.25, 0.3) is 11.1 Å². The Balaban J connectivity index is 2.05. The van der Waals surface area contributed by atoms with Crippen LogP contribution < -0.4 is 15.8 Å². The van der Waals surface area contributed by atoms with Gasteiger partial charge in [0, 0.05) is 12.1 Å². The molecule has 0 radical (unpaired) electrons. The van der Waals surface area contributed by atoms with Crippen LogP contribution in [0.3, 0.4) is 0 Å². The van der Waals surface area contributed by atoms with Crippen molar-refractivity contribution in [3.8, 4) is 16.9 Å². The predicted octanol–water partition coefficient (Wildman–Crippen LogP) is 3.98. The summed E-state index contributed by atoms with van der Waals surface area (Å²) in [4.78, 5) is 23.2. The van der Waals surface area contributed by atoms with Crippen molar-refractivity contribution in [3.63, 3.8) is 0 Å². The number of primary amides is 1. The summed E-state index contributed by atoms with van der Waals surface area (Å²) in [5.74, 6) is -0.0392. The van der Waals surface area contributed by atoms with E-state index in [4.69, 9.17) is 10.5 Å². The molecule has 2 amide bonds. The average Bonchev–Trinajstić information content (AvgIpc) is 2.54. The highest BCUT2D eigenvalue weighted by molar-refractivity contribution is 5.94. The molecule has 2 aromatic carbocycles. The summed E-state index contributed by atoms with van der Waals surface area (Å²) in [5.41, 5.74) is 7.57. The van der Waals surface area contributed by atoms with Gasteiger partial charge in [0.15, 0.2) is 0 Å². The third kappa shape index (κ3) is 5.95. The molecule has 132 valence electrons. The molecule has 0 aliphatic rings. The largest absolute Gasteiger partial charge is 0.412 e. The SMILES string of the molecule is CC(C)(C)CCNC(=O)Oc1cccc(-c2cccc(C(N)=O)c2)c1. The molecule has 0 aliphatic carbocycles. The van der Waals surface area contributed by atoms with Gasteiger partial charge >= 0.3 is 6.09 Å². The summed E-state index contributed by atoms with van der Waals surface area (Å²) in [7, 11) is 0. The van der Waals surface area contributed by atoms with Gasteiger partial charge in [-0.25, -0.2) is 4.79 Å². The fourth-order valence-corrected chi connectivity index (χ4v) is 2.27. The molecule has 0 bridgehead atoms. The lowest BCUT2D eigenvalue weighted by molar-refractivity contribution is 0.1000. The zero-order valence-corrected chi connectivity index (χ0v) is 14.8. The van der Waals surface area contributed by atoms with E-state index in [2.05, 4.69) is 26.1 Å². The molecule has 2 aromatic rings. The molecule has 5 nitrogen and oxygen atoms in total. The number of benzene rings is 2. The Labute approximate surface area is 148 Å². The predicted molar refractivity (Wildman–Crippen MR) is 98.5 cm³/mol. The van der Waals surface area contributed by atoms with Crippen LogP contribution in [0.2, 0.25) is 0 Å². The van der Waals surface area contributed by atoms with Gasteiger partial charge in [0.05, 0.1) is 0 Å². The van der Waals surface area contributed by atoms with E-state index in [1.807, 2.05) is 12.1 Å². The van der Waals surface area contributed by atoms with Gasteiger partial charge in [-0.3, -0.25) is 4.79 Å². The number of ether oxygens (including phenoxy) is 1. The lowest BCUT2D eigenvalue weighted by Crippen LogP contribution is -2.29. The Bertz CT molecular complexity index is 764. The molecule has 0 saturated heterocycles. The smallest absolute Gasteiger partial charge is 0.410 e. The third-order valence-electron chi connectivity index (χ3n) is 3.67. The van der Waals surface area contributed by atoms with E-state index in [1.165, 1.54) is 0 Å². The molecule has 0 atom stereocenters. The standard InChI is InChI=1S/C20H24N2O3/c1-20(2,3)10-11-22-19(24)25-17-9-5-7-15(13-17)14-6-4-8-16(12-14)18(21)23/h4-9,12-13H,10-11H2,1-3H3,(H2,21,23)(H,22,24). The molecule has 0 heterocycles. The van der Waals surface area contributed by atoms with Crippen LogP contribution in [-0.2, 0) is 0 Å². The van der Waals surface area contributed by atoms with E-state index in [-0.39, 0.29) is 5.41 Å². The summed E-state index contributed by atoms with van der Waals surface area (Å²) in [6.07, 6.45) is 0.384. The first-order chi connectivity index (χ1) is 11.7. The zero-order chi connectivity index (χ0) is 18.4. The van der Waals surface area contributed by atoms with Crippen molar-refractivity contribution in [2.24, 2.45) is 11.1 Å². The summed E-state index contributed by atoms with van der Waals surface area (Å²) < 4.78 is 5.33. The van der Waals surface area contributed by atoms with Crippen LogP contribution in [0, 0.1) is 5.41 Å². The van der Waals surface area contributed by atoms with Crippen molar-refractivity contribution >= 4 is 12.0 Å². The van der Waals surface area contributed by atoms with Gasteiger partial charge in [0.2, 0.25) is 5.91 Å². The highest BCUT2D eigenvalue weighted by atomic mass is 16.6. The van der Waals surface area contributed by atoms with Crippen molar-refractivity contribution < 1.29 is 14.3 Å². The van der Waals surface area contributed by atoms with Gasteiger partial charge in [-0.2, -0.15) is 0 Å². The number of amides is 2. The minimum absolute atomic E-state index is 0.151. The van der Waals surface area contributed by atoms with E-state index in [1.54, 1.807) is 36.4 Å². The summed E-state index contributed by atoms with van der Waals surface area (Å²) in [6, 6.07) is 14.2. The van der Waals surface area contributed by atoms with Gasteiger partial charge in [0.1, 0.15) is 5.75 Å². The third-order valence-corrected chi connectivity index (χ3v) is 3.67. The Morgan fingerprint density at radius 3 is 2.32 bits per heavy atom. The van der Waals surface area contributed by atoms with Crippen LogP contribution in [0.15, 0.2) is 48.5 Å². The molecular weight excluding hydrogens is 316 g/mol. The lowest BCUT2D eigenvalue weighted by atomic mass is 9.92. The molecule has 0 fully saturated rings. The van der Waals surface area contributed by atoms with Gasteiger partial charge < -0.3 is 15.8 Å². The van der Waals surface area contributed by atoms with E-state index in [0.29, 0.717) is 17.9 Å². The van der Waals surface area contributed by atoms with Gasteiger partial charge in [-0.05, 0) is 47.2 Å². The number of hydrogen-bond acceptors (Lipinski definition) is 3. The quantitative estimate of drug-likeness (QED) is 0.864. The summed E-state index contributed by atoms with van der Waals surface area (Å²) >= 11 is 0. The molecule has 0 aromatic heterocycles. The fourth-order valence-electron chi connectivity index (χ4n) is 2.27. The number of nitrogens with two attached hydrogens (primary N) is 1. The number of carbonyl (C=O) groups excluding carboxylic acids is 2. The van der Waals surface area contributed by atoms with Crippen molar-refractivity contribution in [3.05, 3.63) is 54.1 Å². The van der Waals surface area contributed by atoms with Gasteiger partial charge in [-0.15, -0.1) is 0 Å². The first kappa shape index (κ1) is 18.5. The van der Waals surface area contributed by atoms with Crippen LogP contribution in [0.4, 0.5) is 4.79 Å². The Morgan fingerprint density at radius 1 is 1.04 bits per heavy atom. The van der Waals surface area contributed by atoms with E-state index in [0.717, 1.165) is 17.5 Å². The highest BCUT2D eigenvalue weighted by Crippen LogP contribution is 2.25. The first-order valence-corrected chi connectivity index (χ1v) is 8.21. The molecule has 0 spiro atoms. The molecule has 0 unspecified atom stereocenters. The zero-order valence-electron chi connectivity index (χ0n) is 14.8. The summed E-state index contributed by atoms with van der Waals surface area (Å²) in [5, 5.41) is 2.75. The fraction of sp³-hybridized carbons (Fsp3) is 0.300. The molecule has 2 rings (SSSR count). The van der Waals surface area contributed by atoms with Crippen molar-refractivity contribution in [1.82, 2.24) is 5.32 Å². The number of carbonyl (C=O) groups is 2. The van der Waals surface area contributed by atoms with E-state index < -0.39 is 12.0 Å². The van der Waals surface area contributed by atoms with Crippen LogP contribution in [0.5, 0.6) is 5.75 Å². The molecule has 0 aliphatic heterocycles. The van der Waals surface area contributed by atoms with E-state index >= 15 is 0 Å². The monoisotopic (exact) mass is 340 g/mol. The summed E-state index contributed by atoms with van der Waals surface area (Å²) in [6.45, 7) is 6.90. The Morgan fingerprint density at radius 2 is 1.68 bits per heavy atom. The van der Waals surface area contributed by atoms with E-state index in [9.17, 15) is 9.59 Å². The Kier molecular flexibility index (Phi) is 5.80.